The average molecular weight is 412 g/mol. The van der Waals surface area contributed by atoms with Crippen molar-refractivity contribution < 1.29 is 18.4 Å². The smallest absolute Gasteiger partial charge is 0.349 e. The second-order valence-corrected chi connectivity index (χ2v) is 6.87. The summed E-state index contributed by atoms with van der Waals surface area (Å²) in [6.07, 6.45) is 0. The van der Waals surface area contributed by atoms with Crippen LogP contribution < -0.4 is 15.7 Å². The number of nitrogens with zero attached hydrogens (tertiary/aromatic N) is 1. The van der Waals surface area contributed by atoms with Crippen LogP contribution in [0.25, 0.3) is 33.5 Å². The Balaban J connectivity index is 1.45. The Labute approximate surface area is 175 Å². The summed E-state index contributed by atoms with van der Waals surface area (Å²) in [6.45, 7) is 0. The molecule has 0 aliphatic carbocycles. The highest BCUT2D eigenvalue weighted by atomic mass is 16.5. The second-order valence-electron chi connectivity index (χ2n) is 6.87. The van der Waals surface area contributed by atoms with Gasteiger partial charge in [0.2, 0.25) is 5.89 Å². The van der Waals surface area contributed by atoms with Crippen molar-refractivity contribution in [3.8, 4) is 17.2 Å². The van der Waals surface area contributed by atoms with Crippen molar-refractivity contribution in [2.45, 2.75) is 0 Å². The Hall–Kier alpha value is -4.39. The maximum atomic E-state index is 12.7. The van der Waals surface area contributed by atoms with Crippen molar-refractivity contribution in [3.63, 3.8) is 0 Å². The summed E-state index contributed by atoms with van der Waals surface area (Å²) in [4.78, 5) is 29.4. The topological polar surface area (TPSA) is 94.6 Å². The normalized spacial score (nSPS) is 11.0. The molecule has 152 valence electrons. The number of methoxy groups -OCH3 is 1. The maximum absolute atomic E-state index is 12.7. The zero-order chi connectivity index (χ0) is 21.4. The SMILES string of the molecule is COc1cccc(-c2nc3ccc(NC(=O)c4cc5ccccc5oc4=O)cc3o2)c1. The van der Waals surface area contributed by atoms with Crippen LogP contribution in [0.15, 0.2) is 86.4 Å². The van der Waals surface area contributed by atoms with Crippen molar-refractivity contribution in [2.24, 2.45) is 0 Å². The molecule has 5 rings (SSSR count). The lowest BCUT2D eigenvalue weighted by Gasteiger charge is -2.05. The van der Waals surface area contributed by atoms with Crippen LogP contribution in [0.5, 0.6) is 5.75 Å². The van der Waals surface area contributed by atoms with Crippen LogP contribution in [-0.4, -0.2) is 18.0 Å². The molecule has 31 heavy (non-hydrogen) atoms. The fraction of sp³-hybridized carbons (Fsp3) is 0.0417. The molecule has 0 radical (unpaired) electrons. The van der Waals surface area contributed by atoms with E-state index in [1.54, 1.807) is 43.5 Å². The second kappa shape index (κ2) is 7.46. The number of amides is 1. The molecule has 1 N–H and O–H groups in total. The summed E-state index contributed by atoms with van der Waals surface area (Å²) in [5.74, 6) is 0.570. The van der Waals surface area contributed by atoms with E-state index in [1.807, 2.05) is 30.3 Å². The summed E-state index contributed by atoms with van der Waals surface area (Å²) in [5.41, 5.74) is 2.04. The lowest BCUT2D eigenvalue weighted by atomic mass is 10.1. The van der Waals surface area contributed by atoms with E-state index < -0.39 is 11.5 Å². The Morgan fingerprint density at radius 2 is 1.81 bits per heavy atom. The van der Waals surface area contributed by atoms with Crippen LogP contribution in [0, 0.1) is 0 Å². The van der Waals surface area contributed by atoms with Gasteiger partial charge in [0, 0.05) is 22.7 Å². The average Bonchev–Trinajstić information content (AvgIpc) is 3.22. The van der Waals surface area contributed by atoms with E-state index in [0.29, 0.717) is 39.4 Å². The molecule has 0 saturated carbocycles. The number of anilines is 1. The zero-order valence-corrected chi connectivity index (χ0v) is 16.4. The van der Waals surface area contributed by atoms with Crippen molar-refractivity contribution in [1.82, 2.24) is 4.98 Å². The molecule has 0 spiro atoms. The third-order valence-corrected chi connectivity index (χ3v) is 4.85. The maximum Gasteiger partial charge on any atom is 0.349 e. The van der Waals surface area contributed by atoms with Crippen LogP contribution >= 0.6 is 0 Å². The number of carbonyl (C=O) groups excluding carboxylic acids is 1. The number of hydrogen-bond acceptors (Lipinski definition) is 6. The molecule has 7 heteroatoms. The number of carbonyl (C=O) groups is 1. The molecule has 7 nitrogen and oxygen atoms in total. The fourth-order valence-corrected chi connectivity index (χ4v) is 3.30. The Morgan fingerprint density at radius 1 is 0.935 bits per heavy atom. The largest absolute Gasteiger partial charge is 0.497 e. The number of para-hydroxylation sites is 1. The fourth-order valence-electron chi connectivity index (χ4n) is 3.30. The lowest BCUT2D eigenvalue weighted by molar-refractivity contribution is 0.102. The zero-order valence-electron chi connectivity index (χ0n) is 16.4. The van der Waals surface area contributed by atoms with Crippen LogP contribution in [0.4, 0.5) is 5.69 Å². The minimum Gasteiger partial charge on any atom is -0.497 e. The van der Waals surface area contributed by atoms with Gasteiger partial charge in [0.1, 0.15) is 22.4 Å². The van der Waals surface area contributed by atoms with Gasteiger partial charge in [-0.2, -0.15) is 0 Å². The first-order valence-corrected chi connectivity index (χ1v) is 9.50. The van der Waals surface area contributed by atoms with Gasteiger partial charge in [-0.3, -0.25) is 4.79 Å². The van der Waals surface area contributed by atoms with Crippen LogP contribution in [0.1, 0.15) is 10.4 Å². The van der Waals surface area contributed by atoms with Gasteiger partial charge in [-0.05, 0) is 42.5 Å². The quantitative estimate of drug-likeness (QED) is 0.424. The predicted molar refractivity (Wildman–Crippen MR) is 116 cm³/mol. The van der Waals surface area contributed by atoms with Crippen LogP contribution in [0.2, 0.25) is 0 Å². The third-order valence-electron chi connectivity index (χ3n) is 4.85. The highest BCUT2D eigenvalue weighted by molar-refractivity contribution is 6.06. The third kappa shape index (κ3) is 3.53. The van der Waals surface area contributed by atoms with Gasteiger partial charge in [0.15, 0.2) is 5.58 Å². The monoisotopic (exact) mass is 412 g/mol. The Kier molecular flexibility index (Phi) is 4.48. The molecule has 5 aromatic rings. The number of aromatic nitrogens is 1. The highest BCUT2D eigenvalue weighted by Crippen LogP contribution is 2.28. The molecular weight excluding hydrogens is 396 g/mol. The van der Waals surface area contributed by atoms with E-state index >= 15 is 0 Å². The minimum atomic E-state index is -0.697. The molecule has 0 bridgehead atoms. The Morgan fingerprint density at radius 3 is 2.68 bits per heavy atom. The van der Waals surface area contributed by atoms with Gasteiger partial charge >= 0.3 is 5.63 Å². The predicted octanol–water partition coefficient (Wildman–Crippen LogP) is 4.86. The lowest BCUT2D eigenvalue weighted by Crippen LogP contribution is -2.20. The summed E-state index contributed by atoms with van der Waals surface area (Å²) < 4.78 is 16.3. The van der Waals surface area contributed by atoms with E-state index in [9.17, 15) is 9.59 Å². The minimum absolute atomic E-state index is 0.0755. The van der Waals surface area contributed by atoms with Crippen LogP contribution in [0.3, 0.4) is 0 Å². The molecule has 0 saturated heterocycles. The van der Waals surface area contributed by atoms with Crippen LogP contribution in [-0.2, 0) is 0 Å². The first-order valence-electron chi connectivity index (χ1n) is 9.50. The number of oxazole rings is 1. The number of hydrogen-bond donors (Lipinski definition) is 1. The molecule has 0 fully saturated rings. The molecular formula is C24H16N2O5. The molecule has 0 unspecified atom stereocenters. The number of nitrogens with one attached hydrogen (secondary N) is 1. The van der Waals surface area contributed by atoms with Gasteiger partial charge in [-0.25, -0.2) is 9.78 Å². The first kappa shape index (κ1) is 18.6. The van der Waals surface area contributed by atoms with E-state index in [0.717, 1.165) is 5.56 Å². The van der Waals surface area contributed by atoms with Gasteiger partial charge in [-0.1, -0.05) is 24.3 Å². The number of benzene rings is 3. The van der Waals surface area contributed by atoms with E-state index in [2.05, 4.69) is 10.3 Å². The number of fused-ring (bicyclic) bond motifs is 2. The van der Waals surface area contributed by atoms with Gasteiger partial charge in [0.25, 0.3) is 5.91 Å². The van der Waals surface area contributed by atoms with Crippen molar-refractivity contribution in [1.29, 1.82) is 0 Å². The van der Waals surface area contributed by atoms with Crippen molar-refractivity contribution in [2.75, 3.05) is 12.4 Å². The molecule has 3 aromatic carbocycles. The summed E-state index contributed by atoms with van der Waals surface area (Å²) >= 11 is 0. The van der Waals surface area contributed by atoms with Gasteiger partial charge < -0.3 is 18.9 Å². The van der Waals surface area contributed by atoms with E-state index in [-0.39, 0.29) is 5.56 Å². The molecule has 1 amide bonds. The van der Waals surface area contributed by atoms with E-state index in [1.165, 1.54) is 6.07 Å². The van der Waals surface area contributed by atoms with Gasteiger partial charge in [-0.15, -0.1) is 0 Å². The number of ether oxygens (including phenoxy) is 1. The van der Waals surface area contributed by atoms with E-state index in [4.69, 9.17) is 13.6 Å². The summed E-state index contributed by atoms with van der Waals surface area (Å²) in [5, 5.41) is 3.38. The van der Waals surface area contributed by atoms with Crippen molar-refractivity contribution >= 4 is 33.7 Å². The standard InChI is InChI=1S/C24H16N2O5/c1-29-17-7-4-6-15(11-17)23-26-19-10-9-16(13-21(19)30-23)25-22(27)18-12-14-5-2-3-8-20(14)31-24(18)28/h2-13H,1H3,(H,25,27). The summed E-state index contributed by atoms with van der Waals surface area (Å²) in [7, 11) is 1.59. The molecule has 0 aliphatic heterocycles. The Bertz CT molecular complexity index is 1500. The van der Waals surface area contributed by atoms with Crippen molar-refractivity contribution in [3.05, 3.63) is 88.8 Å². The molecule has 2 heterocycles. The molecule has 2 aromatic heterocycles. The molecule has 0 atom stereocenters. The highest BCUT2D eigenvalue weighted by Gasteiger charge is 2.15. The van der Waals surface area contributed by atoms with Gasteiger partial charge in [0.05, 0.1) is 7.11 Å². The number of rotatable bonds is 4. The first-order chi connectivity index (χ1) is 15.1. The summed E-state index contributed by atoms with van der Waals surface area (Å²) in [6, 6.07) is 21.0. The molecule has 0 aliphatic rings.